The number of methoxy groups -OCH3 is 2. The highest BCUT2D eigenvalue weighted by atomic mass is 16.5. The molecule has 118 valence electrons. The van der Waals surface area contributed by atoms with Crippen LogP contribution in [0.3, 0.4) is 0 Å². The van der Waals surface area contributed by atoms with E-state index >= 15 is 0 Å². The Labute approximate surface area is 125 Å². The van der Waals surface area contributed by atoms with Gasteiger partial charge in [0.05, 0.1) is 26.9 Å². The molecule has 0 radical (unpaired) electrons. The molecular weight excluding hydrogens is 272 g/mol. The third kappa shape index (κ3) is 6.46. The van der Waals surface area contributed by atoms with Crippen LogP contribution in [0, 0.1) is 0 Å². The molecule has 0 unspecified atom stereocenters. The highest BCUT2D eigenvalue weighted by Crippen LogP contribution is 2.27. The van der Waals surface area contributed by atoms with Gasteiger partial charge in [0.15, 0.2) is 11.5 Å². The molecule has 0 aliphatic carbocycles. The second-order valence-corrected chi connectivity index (χ2v) is 4.36. The zero-order valence-electron chi connectivity index (χ0n) is 12.9. The fourth-order valence-electron chi connectivity index (χ4n) is 1.77. The maximum Gasteiger partial charge on any atom is 0.234 e. The van der Waals surface area contributed by atoms with E-state index in [2.05, 4.69) is 10.6 Å². The number of carbonyl (C=O) groups excluding carboxylic acids is 1. The maximum atomic E-state index is 11.5. The van der Waals surface area contributed by atoms with Gasteiger partial charge < -0.3 is 24.8 Å². The summed E-state index contributed by atoms with van der Waals surface area (Å²) >= 11 is 0. The molecule has 0 saturated carbocycles. The number of amides is 1. The molecule has 6 heteroatoms. The van der Waals surface area contributed by atoms with Crippen LogP contribution in [0.25, 0.3) is 0 Å². The van der Waals surface area contributed by atoms with Crippen molar-refractivity contribution < 1.29 is 19.0 Å². The molecule has 0 aliphatic heterocycles. The summed E-state index contributed by atoms with van der Waals surface area (Å²) in [4.78, 5) is 11.5. The Morgan fingerprint density at radius 1 is 1.24 bits per heavy atom. The SMILES string of the molecule is CCOc1cc(CNCC(=O)NCCOC)ccc1OC. The molecule has 0 heterocycles. The number of hydrogen-bond acceptors (Lipinski definition) is 5. The highest BCUT2D eigenvalue weighted by Gasteiger charge is 2.06. The zero-order valence-corrected chi connectivity index (χ0v) is 12.9. The normalized spacial score (nSPS) is 10.2. The van der Waals surface area contributed by atoms with Crippen LogP contribution in [-0.4, -0.2) is 46.4 Å². The van der Waals surface area contributed by atoms with Gasteiger partial charge in [-0.15, -0.1) is 0 Å². The van der Waals surface area contributed by atoms with E-state index in [0.29, 0.717) is 37.8 Å². The molecule has 0 aromatic heterocycles. The van der Waals surface area contributed by atoms with Gasteiger partial charge in [0.1, 0.15) is 0 Å². The highest BCUT2D eigenvalue weighted by molar-refractivity contribution is 5.77. The molecule has 0 fully saturated rings. The van der Waals surface area contributed by atoms with Crippen LogP contribution >= 0.6 is 0 Å². The Bertz CT molecular complexity index is 438. The first-order valence-corrected chi connectivity index (χ1v) is 6.97. The summed E-state index contributed by atoms with van der Waals surface area (Å²) < 4.78 is 15.6. The summed E-state index contributed by atoms with van der Waals surface area (Å²) in [6.45, 7) is 4.39. The quantitative estimate of drug-likeness (QED) is 0.629. The predicted octanol–water partition coefficient (Wildman–Crippen LogP) is 0.946. The fourth-order valence-corrected chi connectivity index (χ4v) is 1.77. The first kappa shape index (κ1) is 17.3. The molecule has 0 atom stereocenters. The Hall–Kier alpha value is -1.79. The Kier molecular flexibility index (Phi) is 8.23. The molecule has 2 N–H and O–H groups in total. The van der Waals surface area contributed by atoms with E-state index in [1.165, 1.54) is 0 Å². The summed E-state index contributed by atoms with van der Waals surface area (Å²) in [6.07, 6.45) is 0. The van der Waals surface area contributed by atoms with E-state index in [1.54, 1.807) is 14.2 Å². The minimum absolute atomic E-state index is 0.0504. The van der Waals surface area contributed by atoms with E-state index in [4.69, 9.17) is 14.2 Å². The van der Waals surface area contributed by atoms with Crippen LogP contribution in [0.2, 0.25) is 0 Å². The lowest BCUT2D eigenvalue weighted by molar-refractivity contribution is -0.120. The van der Waals surface area contributed by atoms with Crippen molar-refractivity contribution in [3.8, 4) is 11.5 Å². The van der Waals surface area contributed by atoms with Gasteiger partial charge in [-0.25, -0.2) is 0 Å². The number of ether oxygens (including phenoxy) is 3. The average Bonchev–Trinajstić information content (AvgIpc) is 2.48. The van der Waals surface area contributed by atoms with Gasteiger partial charge in [0.2, 0.25) is 5.91 Å². The lowest BCUT2D eigenvalue weighted by Crippen LogP contribution is -2.35. The van der Waals surface area contributed by atoms with Gasteiger partial charge in [0.25, 0.3) is 0 Å². The Morgan fingerprint density at radius 3 is 2.71 bits per heavy atom. The molecule has 21 heavy (non-hydrogen) atoms. The van der Waals surface area contributed by atoms with Gasteiger partial charge in [-0.2, -0.15) is 0 Å². The molecule has 1 rings (SSSR count). The van der Waals surface area contributed by atoms with Crippen molar-refractivity contribution in [2.24, 2.45) is 0 Å². The van der Waals surface area contributed by atoms with E-state index in [0.717, 1.165) is 5.56 Å². The van der Waals surface area contributed by atoms with Gasteiger partial charge >= 0.3 is 0 Å². The monoisotopic (exact) mass is 296 g/mol. The molecule has 1 aromatic rings. The number of nitrogens with one attached hydrogen (secondary N) is 2. The Balaban J connectivity index is 2.41. The predicted molar refractivity (Wildman–Crippen MR) is 80.8 cm³/mol. The lowest BCUT2D eigenvalue weighted by atomic mass is 10.2. The molecule has 6 nitrogen and oxygen atoms in total. The molecule has 0 bridgehead atoms. The van der Waals surface area contributed by atoms with Gasteiger partial charge in [-0.1, -0.05) is 6.07 Å². The number of hydrogen-bond donors (Lipinski definition) is 2. The van der Waals surface area contributed by atoms with Crippen molar-refractivity contribution in [2.45, 2.75) is 13.5 Å². The van der Waals surface area contributed by atoms with Gasteiger partial charge in [-0.3, -0.25) is 4.79 Å². The summed E-state index contributed by atoms with van der Waals surface area (Å²) in [6, 6.07) is 5.72. The van der Waals surface area contributed by atoms with Crippen LogP contribution in [0.4, 0.5) is 0 Å². The van der Waals surface area contributed by atoms with Crippen molar-refractivity contribution in [3.05, 3.63) is 23.8 Å². The van der Waals surface area contributed by atoms with Crippen LogP contribution in [-0.2, 0) is 16.1 Å². The van der Waals surface area contributed by atoms with Crippen LogP contribution in [0.1, 0.15) is 12.5 Å². The minimum Gasteiger partial charge on any atom is -0.493 e. The van der Waals surface area contributed by atoms with E-state index in [-0.39, 0.29) is 12.5 Å². The van der Waals surface area contributed by atoms with Gasteiger partial charge in [0, 0.05) is 20.2 Å². The van der Waals surface area contributed by atoms with Crippen molar-refractivity contribution in [1.82, 2.24) is 10.6 Å². The summed E-state index contributed by atoms with van der Waals surface area (Å²) in [7, 11) is 3.21. The zero-order chi connectivity index (χ0) is 15.5. The number of rotatable bonds is 10. The molecule has 1 amide bonds. The summed E-state index contributed by atoms with van der Waals surface area (Å²) in [5, 5.41) is 5.83. The molecular formula is C15H24N2O4. The molecule has 0 saturated heterocycles. The van der Waals surface area contributed by atoms with E-state index in [1.807, 2.05) is 25.1 Å². The third-order valence-corrected chi connectivity index (χ3v) is 2.77. The van der Waals surface area contributed by atoms with E-state index in [9.17, 15) is 4.79 Å². The van der Waals surface area contributed by atoms with E-state index < -0.39 is 0 Å². The average molecular weight is 296 g/mol. The van der Waals surface area contributed by atoms with Crippen molar-refractivity contribution in [3.63, 3.8) is 0 Å². The summed E-state index contributed by atoms with van der Waals surface area (Å²) in [5.74, 6) is 1.37. The minimum atomic E-state index is -0.0504. The maximum absolute atomic E-state index is 11.5. The van der Waals surface area contributed by atoms with Crippen LogP contribution in [0.5, 0.6) is 11.5 Å². The van der Waals surface area contributed by atoms with Crippen LogP contribution in [0.15, 0.2) is 18.2 Å². The second kappa shape index (κ2) is 10.0. The molecule has 0 aliphatic rings. The van der Waals surface area contributed by atoms with Crippen molar-refractivity contribution in [1.29, 1.82) is 0 Å². The van der Waals surface area contributed by atoms with Gasteiger partial charge in [-0.05, 0) is 24.6 Å². The fraction of sp³-hybridized carbons (Fsp3) is 0.533. The molecule has 0 spiro atoms. The first-order valence-electron chi connectivity index (χ1n) is 6.97. The van der Waals surface area contributed by atoms with Crippen molar-refractivity contribution in [2.75, 3.05) is 40.5 Å². The lowest BCUT2D eigenvalue weighted by Gasteiger charge is -2.11. The van der Waals surface area contributed by atoms with Crippen LogP contribution < -0.4 is 20.1 Å². The summed E-state index contributed by atoms with van der Waals surface area (Å²) in [5.41, 5.74) is 1.03. The topological polar surface area (TPSA) is 68.8 Å². The third-order valence-electron chi connectivity index (χ3n) is 2.77. The van der Waals surface area contributed by atoms with Crippen molar-refractivity contribution >= 4 is 5.91 Å². The number of benzene rings is 1. The smallest absolute Gasteiger partial charge is 0.234 e. The Morgan fingerprint density at radius 2 is 2.05 bits per heavy atom. The largest absolute Gasteiger partial charge is 0.493 e. The second-order valence-electron chi connectivity index (χ2n) is 4.36. The standard InChI is InChI=1S/C15H24N2O4/c1-4-21-14-9-12(5-6-13(14)20-3)10-16-11-15(18)17-7-8-19-2/h5-6,9,16H,4,7-8,10-11H2,1-3H3,(H,17,18). The number of carbonyl (C=O) groups is 1. The molecule has 1 aromatic carbocycles. The first-order chi connectivity index (χ1) is 10.2.